The van der Waals surface area contributed by atoms with Gasteiger partial charge in [-0.15, -0.1) is 0 Å². The molecule has 0 atom stereocenters. The molecular weight excluding hydrogens is 271 g/mol. The Morgan fingerprint density at radius 1 is 1.09 bits per heavy atom. The molecule has 0 aromatic carbocycles. The van der Waals surface area contributed by atoms with E-state index in [9.17, 15) is 4.39 Å². The number of allylic oxidation sites excluding steroid dienone is 9. The Hall–Kier alpha value is -1.37. The van der Waals surface area contributed by atoms with Crippen molar-refractivity contribution < 1.29 is 4.39 Å². The zero-order chi connectivity index (χ0) is 17.6. The molecule has 0 bridgehead atoms. The van der Waals surface area contributed by atoms with Crippen LogP contribution in [0.4, 0.5) is 4.39 Å². The Morgan fingerprint density at radius 3 is 2.00 bits per heavy atom. The second-order valence-electron chi connectivity index (χ2n) is 7.24. The lowest BCUT2D eigenvalue weighted by Gasteiger charge is -2.22. The molecule has 0 nitrogen and oxygen atoms in total. The standard InChI is InChI=1S/C21H33F/c1-10-12-18(15-19(13-11-2)20(5,6)7)16(3)14-17(4)21(8,9)22/h11-15H,3,10H2,1-2,4-9H3/b13-11-,17-14+,18-12-,19-15+. The van der Waals surface area contributed by atoms with Gasteiger partial charge in [-0.2, -0.15) is 0 Å². The van der Waals surface area contributed by atoms with Crippen LogP contribution in [0.5, 0.6) is 0 Å². The van der Waals surface area contributed by atoms with Crippen molar-refractivity contribution in [3.8, 4) is 0 Å². The van der Waals surface area contributed by atoms with Gasteiger partial charge in [-0.1, -0.05) is 64.7 Å². The molecule has 124 valence electrons. The highest BCUT2D eigenvalue weighted by Gasteiger charge is 2.19. The van der Waals surface area contributed by atoms with Crippen LogP contribution in [-0.4, -0.2) is 5.67 Å². The molecule has 0 aliphatic heterocycles. The van der Waals surface area contributed by atoms with Crippen molar-refractivity contribution in [2.24, 2.45) is 5.41 Å². The first-order valence-electron chi connectivity index (χ1n) is 8.05. The predicted octanol–water partition coefficient (Wildman–Crippen LogP) is 7.12. The van der Waals surface area contributed by atoms with E-state index < -0.39 is 5.67 Å². The molecule has 0 aliphatic carbocycles. The average Bonchev–Trinajstić information content (AvgIpc) is 2.34. The summed E-state index contributed by atoms with van der Waals surface area (Å²) in [6, 6.07) is 0. The van der Waals surface area contributed by atoms with Gasteiger partial charge in [0.2, 0.25) is 0 Å². The Balaban J connectivity index is 5.77. The van der Waals surface area contributed by atoms with Gasteiger partial charge < -0.3 is 0 Å². The van der Waals surface area contributed by atoms with Crippen LogP contribution in [0.25, 0.3) is 0 Å². The lowest BCUT2D eigenvalue weighted by molar-refractivity contribution is 0.268. The number of hydrogen-bond donors (Lipinski definition) is 0. The van der Waals surface area contributed by atoms with Crippen molar-refractivity contribution in [2.45, 2.75) is 67.5 Å². The molecular formula is C21H33F. The van der Waals surface area contributed by atoms with E-state index in [1.165, 1.54) is 5.57 Å². The van der Waals surface area contributed by atoms with Crippen molar-refractivity contribution in [3.05, 3.63) is 59.3 Å². The third-order valence-electron chi connectivity index (χ3n) is 3.65. The molecule has 0 rings (SSSR count). The molecule has 0 aromatic heterocycles. The minimum Gasteiger partial charge on any atom is -0.240 e. The van der Waals surface area contributed by atoms with Gasteiger partial charge in [-0.3, -0.25) is 0 Å². The lowest BCUT2D eigenvalue weighted by Crippen LogP contribution is -2.13. The summed E-state index contributed by atoms with van der Waals surface area (Å²) in [5, 5.41) is 0. The molecule has 0 amide bonds. The number of hydrogen-bond acceptors (Lipinski definition) is 0. The minimum absolute atomic E-state index is 0.0533. The topological polar surface area (TPSA) is 0 Å². The quantitative estimate of drug-likeness (QED) is 0.458. The van der Waals surface area contributed by atoms with Crippen molar-refractivity contribution >= 4 is 0 Å². The third kappa shape index (κ3) is 7.06. The van der Waals surface area contributed by atoms with Gasteiger partial charge in [0, 0.05) is 0 Å². The van der Waals surface area contributed by atoms with Crippen LogP contribution in [0.2, 0.25) is 0 Å². The van der Waals surface area contributed by atoms with Gasteiger partial charge >= 0.3 is 0 Å². The van der Waals surface area contributed by atoms with Gasteiger partial charge in [0.25, 0.3) is 0 Å². The Labute approximate surface area is 137 Å². The fourth-order valence-electron chi connectivity index (χ4n) is 1.88. The van der Waals surface area contributed by atoms with E-state index in [2.05, 4.69) is 58.6 Å². The van der Waals surface area contributed by atoms with Crippen LogP contribution in [0, 0.1) is 5.41 Å². The second-order valence-corrected chi connectivity index (χ2v) is 7.24. The van der Waals surface area contributed by atoms with Gasteiger partial charge in [0.05, 0.1) is 0 Å². The van der Waals surface area contributed by atoms with E-state index in [1.54, 1.807) is 13.8 Å². The summed E-state index contributed by atoms with van der Waals surface area (Å²) >= 11 is 0. The fraction of sp³-hybridized carbons (Fsp3) is 0.524. The van der Waals surface area contributed by atoms with Crippen molar-refractivity contribution in [3.63, 3.8) is 0 Å². The van der Waals surface area contributed by atoms with Gasteiger partial charge in [0.1, 0.15) is 5.67 Å². The van der Waals surface area contributed by atoms with E-state index in [0.29, 0.717) is 5.57 Å². The summed E-state index contributed by atoms with van der Waals surface area (Å²) < 4.78 is 14.0. The molecule has 0 unspecified atom stereocenters. The molecule has 0 saturated carbocycles. The number of halogens is 1. The molecule has 22 heavy (non-hydrogen) atoms. The van der Waals surface area contributed by atoms with E-state index in [-0.39, 0.29) is 5.41 Å². The van der Waals surface area contributed by atoms with Crippen LogP contribution < -0.4 is 0 Å². The van der Waals surface area contributed by atoms with Crippen LogP contribution in [0.15, 0.2) is 59.3 Å². The summed E-state index contributed by atoms with van der Waals surface area (Å²) in [7, 11) is 0. The molecule has 0 saturated heterocycles. The lowest BCUT2D eigenvalue weighted by atomic mass is 9.84. The maximum Gasteiger partial charge on any atom is 0.126 e. The SMILES string of the molecule is C=C(/C=C(\C)C(C)(C)F)C(=C\CC)/C=C(\C=C/C)C(C)(C)C. The van der Waals surface area contributed by atoms with E-state index in [0.717, 1.165) is 17.6 Å². The van der Waals surface area contributed by atoms with Crippen molar-refractivity contribution in [1.29, 1.82) is 0 Å². The molecule has 0 aromatic rings. The maximum absolute atomic E-state index is 14.0. The van der Waals surface area contributed by atoms with E-state index in [1.807, 2.05) is 19.9 Å². The average molecular weight is 304 g/mol. The highest BCUT2D eigenvalue weighted by molar-refractivity contribution is 5.49. The fourth-order valence-corrected chi connectivity index (χ4v) is 1.88. The van der Waals surface area contributed by atoms with Crippen LogP contribution in [-0.2, 0) is 0 Å². The Bertz CT molecular complexity index is 497. The van der Waals surface area contributed by atoms with Crippen molar-refractivity contribution in [2.75, 3.05) is 0 Å². The molecule has 1 heteroatoms. The zero-order valence-corrected chi connectivity index (χ0v) is 15.7. The monoisotopic (exact) mass is 304 g/mol. The molecule has 0 aliphatic rings. The highest BCUT2D eigenvalue weighted by Crippen LogP contribution is 2.30. The Morgan fingerprint density at radius 2 is 1.64 bits per heavy atom. The minimum atomic E-state index is -1.32. The normalized spacial score (nSPS) is 15.6. The van der Waals surface area contributed by atoms with Crippen LogP contribution >= 0.6 is 0 Å². The molecule has 0 heterocycles. The molecule has 0 N–H and O–H groups in total. The first-order valence-corrected chi connectivity index (χ1v) is 8.05. The molecule has 0 spiro atoms. The van der Waals surface area contributed by atoms with Gasteiger partial charge in [-0.05, 0) is 61.8 Å². The number of alkyl halides is 1. The zero-order valence-electron chi connectivity index (χ0n) is 15.7. The molecule has 0 fully saturated rings. The second kappa shape index (κ2) is 8.31. The van der Waals surface area contributed by atoms with Crippen LogP contribution in [0.3, 0.4) is 0 Å². The Kier molecular flexibility index (Phi) is 7.79. The highest BCUT2D eigenvalue weighted by atomic mass is 19.1. The number of rotatable bonds is 6. The first kappa shape index (κ1) is 20.6. The summed E-state index contributed by atoms with van der Waals surface area (Å²) in [6.07, 6.45) is 11.3. The largest absolute Gasteiger partial charge is 0.240 e. The summed E-state index contributed by atoms with van der Waals surface area (Å²) in [6.45, 7) is 19.8. The molecule has 0 radical (unpaired) electrons. The maximum atomic E-state index is 14.0. The summed E-state index contributed by atoms with van der Waals surface area (Å²) in [5.41, 5.74) is 2.58. The van der Waals surface area contributed by atoms with E-state index in [4.69, 9.17) is 0 Å². The van der Waals surface area contributed by atoms with Crippen LogP contribution in [0.1, 0.15) is 61.8 Å². The van der Waals surface area contributed by atoms with Gasteiger partial charge in [0.15, 0.2) is 0 Å². The predicted molar refractivity (Wildman–Crippen MR) is 98.8 cm³/mol. The summed E-state index contributed by atoms with van der Waals surface area (Å²) in [4.78, 5) is 0. The van der Waals surface area contributed by atoms with E-state index >= 15 is 0 Å². The smallest absolute Gasteiger partial charge is 0.126 e. The van der Waals surface area contributed by atoms with Crippen molar-refractivity contribution in [1.82, 2.24) is 0 Å². The van der Waals surface area contributed by atoms with Gasteiger partial charge in [-0.25, -0.2) is 4.39 Å². The third-order valence-corrected chi connectivity index (χ3v) is 3.65. The first-order chi connectivity index (χ1) is 9.93. The summed E-state index contributed by atoms with van der Waals surface area (Å²) in [5.74, 6) is 0.